The lowest BCUT2D eigenvalue weighted by Gasteiger charge is -2.24. The molecule has 0 aromatic rings. The number of rotatable bonds is 48. The lowest BCUT2D eigenvalue weighted by molar-refractivity contribution is -0.870. The van der Waals surface area contributed by atoms with E-state index in [2.05, 4.69) is 111 Å². The summed E-state index contributed by atoms with van der Waals surface area (Å²) in [7, 11) is 1.45. The van der Waals surface area contributed by atoms with E-state index in [-0.39, 0.29) is 26.1 Å². The summed E-state index contributed by atoms with van der Waals surface area (Å²) < 4.78 is 34.5. The van der Waals surface area contributed by atoms with E-state index in [1.807, 2.05) is 21.1 Å². The van der Waals surface area contributed by atoms with Gasteiger partial charge in [0.1, 0.15) is 19.8 Å². The third-order valence-corrected chi connectivity index (χ3v) is 12.1. The van der Waals surface area contributed by atoms with Crippen LogP contribution in [0.1, 0.15) is 206 Å². The molecule has 0 spiro atoms. The van der Waals surface area contributed by atoms with E-state index in [0.717, 1.165) is 96.3 Å². The molecular weight excluding hydrogens is 870 g/mol. The average Bonchev–Trinajstić information content (AvgIpc) is 3.30. The molecule has 0 fully saturated rings. The van der Waals surface area contributed by atoms with E-state index in [4.69, 9.17) is 18.5 Å². The van der Waals surface area contributed by atoms with Crippen LogP contribution in [0.15, 0.2) is 97.2 Å². The van der Waals surface area contributed by atoms with Crippen molar-refractivity contribution in [1.82, 2.24) is 0 Å². The Labute approximate surface area is 417 Å². The minimum atomic E-state index is -4.39. The summed E-state index contributed by atoms with van der Waals surface area (Å²) >= 11 is 0. The number of allylic oxidation sites excluding steroid dienone is 16. The smallest absolute Gasteiger partial charge is 0.462 e. The molecule has 0 aromatic heterocycles. The zero-order valence-corrected chi connectivity index (χ0v) is 45.0. The van der Waals surface area contributed by atoms with Gasteiger partial charge in [0.2, 0.25) is 0 Å². The molecule has 0 radical (unpaired) electrons. The number of likely N-dealkylation sites (N-methyl/N-ethyl adjacent to an activating group) is 1. The van der Waals surface area contributed by atoms with E-state index in [1.165, 1.54) is 70.6 Å². The predicted octanol–water partition coefficient (Wildman–Crippen LogP) is 16.5. The highest BCUT2D eigenvalue weighted by atomic mass is 31.2. The monoisotopic (exact) mass is 971 g/mol. The fraction of sp³-hybridized carbons (Fsp3) is 0.690. The quantitative estimate of drug-likeness (QED) is 0.0211. The molecule has 0 amide bonds. The SMILES string of the molecule is CC/C=C\C/C=C\C/C=C\C/C=C\CCCCCCCCCCCCCCCCC(=O)OC(COC(=O)CCCCCC/C=C\C/C=C\C/C=C\C/C=C\CC)COP(=O)(O)OCC[N+](C)(C)C. The molecule has 390 valence electrons. The Morgan fingerprint density at radius 3 is 1.18 bits per heavy atom. The van der Waals surface area contributed by atoms with E-state index in [1.54, 1.807) is 0 Å². The summed E-state index contributed by atoms with van der Waals surface area (Å²) in [5.41, 5.74) is 0. The van der Waals surface area contributed by atoms with Gasteiger partial charge >= 0.3 is 19.8 Å². The van der Waals surface area contributed by atoms with Crippen LogP contribution in [0.4, 0.5) is 0 Å². The predicted molar refractivity (Wildman–Crippen MR) is 288 cm³/mol. The second-order valence-corrected chi connectivity index (χ2v) is 20.3. The number of carbonyl (C=O) groups excluding carboxylic acids is 2. The molecule has 0 aliphatic rings. The normalized spacial score (nSPS) is 14.1. The number of phosphoric acid groups is 1. The number of quaternary nitrogens is 1. The van der Waals surface area contributed by atoms with Crippen molar-refractivity contribution >= 4 is 19.8 Å². The molecule has 10 heteroatoms. The van der Waals surface area contributed by atoms with E-state index in [9.17, 15) is 19.0 Å². The fourth-order valence-corrected chi connectivity index (χ4v) is 7.74. The van der Waals surface area contributed by atoms with E-state index >= 15 is 0 Å². The van der Waals surface area contributed by atoms with Gasteiger partial charge in [-0.2, -0.15) is 0 Å². The van der Waals surface area contributed by atoms with Crippen LogP contribution < -0.4 is 0 Å². The van der Waals surface area contributed by atoms with Gasteiger partial charge in [0.25, 0.3) is 0 Å². The van der Waals surface area contributed by atoms with Gasteiger partial charge in [-0.3, -0.25) is 18.6 Å². The lowest BCUT2D eigenvalue weighted by Crippen LogP contribution is -2.37. The van der Waals surface area contributed by atoms with Gasteiger partial charge in [0, 0.05) is 12.8 Å². The van der Waals surface area contributed by atoms with Gasteiger partial charge in [-0.15, -0.1) is 0 Å². The largest absolute Gasteiger partial charge is 0.472 e. The van der Waals surface area contributed by atoms with Crippen LogP contribution in [-0.2, 0) is 32.7 Å². The van der Waals surface area contributed by atoms with Crippen LogP contribution >= 0.6 is 7.82 Å². The van der Waals surface area contributed by atoms with Crippen molar-refractivity contribution < 1.29 is 42.1 Å². The van der Waals surface area contributed by atoms with Gasteiger partial charge < -0.3 is 18.9 Å². The third kappa shape index (κ3) is 52.3. The zero-order valence-electron chi connectivity index (χ0n) is 44.1. The molecular formula is C58H101NO8P+. The van der Waals surface area contributed by atoms with Gasteiger partial charge in [0.05, 0.1) is 27.7 Å². The summed E-state index contributed by atoms with van der Waals surface area (Å²) in [6.45, 7) is 4.17. The topological polar surface area (TPSA) is 108 Å². The average molecular weight is 971 g/mol. The Balaban J connectivity index is 4.21. The van der Waals surface area contributed by atoms with Crippen molar-refractivity contribution in [1.29, 1.82) is 0 Å². The first kappa shape index (κ1) is 64.9. The number of phosphoric ester groups is 1. The second kappa shape index (κ2) is 48.9. The molecule has 0 saturated carbocycles. The summed E-state index contributed by atoms with van der Waals surface area (Å²) in [5.74, 6) is -0.830. The first-order valence-electron chi connectivity index (χ1n) is 27.0. The Hall–Kier alpha value is -3.07. The maximum Gasteiger partial charge on any atom is 0.472 e. The van der Waals surface area contributed by atoms with Crippen LogP contribution in [0.5, 0.6) is 0 Å². The van der Waals surface area contributed by atoms with Crippen molar-refractivity contribution in [2.45, 2.75) is 213 Å². The van der Waals surface area contributed by atoms with Gasteiger partial charge in [-0.1, -0.05) is 201 Å². The van der Waals surface area contributed by atoms with Crippen LogP contribution in [0, 0.1) is 0 Å². The molecule has 0 heterocycles. The molecule has 1 N–H and O–H groups in total. The highest BCUT2D eigenvalue weighted by molar-refractivity contribution is 7.47. The fourth-order valence-electron chi connectivity index (χ4n) is 7.00. The second-order valence-electron chi connectivity index (χ2n) is 18.8. The number of hydrogen-bond acceptors (Lipinski definition) is 7. The molecule has 2 atom stereocenters. The van der Waals surface area contributed by atoms with Gasteiger partial charge in [-0.05, 0) is 89.9 Å². The lowest BCUT2D eigenvalue weighted by atomic mass is 10.0. The van der Waals surface area contributed by atoms with Crippen molar-refractivity contribution in [3.05, 3.63) is 97.2 Å². The minimum absolute atomic E-state index is 0.0230. The molecule has 9 nitrogen and oxygen atoms in total. The summed E-state index contributed by atoms with van der Waals surface area (Å²) in [6, 6.07) is 0. The van der Waals surface area contributed by atoms with Gasteiger partial charge in [-0.25, -0.2) is 4.57 Å². The minimum Gasteiger partial charge on any atom is -0.462 e. The molecule has 2 unspecified atom stereocenters. The Morgan fingerprint density at radius 2 is 0.794 bits per heavy atom. The van der Waals surface area contributed by atoms with Crippen LogP contribution in [-0.4, -0.2) is 74.9 Å². The third-order valence-electron chi connectivity index (χ3n) is 11.1. The Morgan fingerprint density at radius 1 is 0.456 bits per heavy atom. The van der Waals surface area contributed by atoms with Crippen molar-refractivity contribution in [2.75, 3.05) is 47.5 Å². The summed E-state index contributed by atoms with van der Waals surface area (Å²) in [5, 5.41) is 0. The van der Waals surface area contributed by atoms with Crippen molar-refractivity contribution in [2.24, 2.45) is 0 Å². The van der Waals surface area contributed by atoms with Crippen molar-refractivity contribution in [3.8, 4) is 0 Å². The molecule has 0 aliphatic heterocycles. The molecule has 0 saturated heterocycles. The van der Waals surface area contributed by atoms with E-state index in [0.29, 0.717) is 23.9 Å². The Kier molecular flexibility index (Phi) is 46.7. The highest BCUT2D eigenvalue weighted by Crippen LogP contribution is 2.43. The number of unbranched alkanes of at least 4 members (excludes halogenated alkanes) is 18. The number of hydrogen-bond donors (Lipinski definition) is 1. The maximum absolute atomic E-state index is 12.8. The van der Waals surface area contributed by atoms with Crippen LogP contribution in [0.2, 0.25) is 0 Å². The van der Waals surface area contributed by atoms with Crippen LogP contribution in [0.25, 0.3) is 0 Å². The van der Waals surface area contributed by atoms with Crippen LogP contribution in [0.3, 0.4) is 0 Å². The van der Waals surface area contributed by atoms with Crippen molar-refractivity contribution in [3.63, 3.8) is 0 Å². The first-order chi connectivity index (χ1) is 33.0. The summed E-state index contributed by atoms with van der Waals surface area (Å²) in [4.78, 5) is 35.6. The molecule has 0 aliphatic carbocycles. The molecule has 0 rings (SSSR count). The summed E-state index contributed by atoms with van der Waals surface area (Å²) in [6.07, 6.45) is 66.1. The molecule has 0 aromatic carbocycles. The number of ether oxygens (including phenoxy) is 2. The number of carbonyl (C=O) groups is 2. The number of nitrogens with zero attached hydrogens (tertiary/aromatic N) is 1. The first-order valence-corrected chi connectivity index (χ1v) is 28.5. The van der Waals surface area contributed by atoms with E-state index < -0.39 is 32.5 Å². The molecule has 68 heavy (non-hydrogen) atoms. The maximum atomic E-state index is 12.8. The zero-order chi connectivity index (χ0) is 49.9. The Bertz CT molecular complexity index is 1470. The van der Waals surface area contributed by atoms with Gasteiger partial charge in [0.15, 0.2) is 6.10 Å². The number of esters is 2. The highest BCUT2D eigenvalue weighted by Gasteiger charge is 2.27. The molecule has 0 bridgehead atoms. The standard InChI is InChI=1S/C58H100NO8P/c1-6-8-10-12-14-16-18-20-22-24-25-26-27-28-29-30-31-32-33-35-37-39-41-43-45-47-49-51-58(61)67-56(55-66-68(62,63)65-53-52-59(3,4)5)54-64-57(60)50-48-46-44-42-40-38-36-34-23-21-19-17-15-13-11-9-7-2/h8-11,14-17,20-23,25-26,36,38,56H,6-7,12-13,18-19,24,27-35,37,39-55H2,1-5H3/p+1/b10-8-,11-9-,16-14-,17-15-,22-20-,23-21-,26-25-,38-36-.